The van der Waals surface area contributed by atoms with Crippen molar-refractivity contribution in [3.63, 3.8) is 0 Å². The largest absolute Gasteiger partial charge is 0.310 e. The first-order chi connectivity index (χ1) is 8.66. The lowest BCUT2D eigenvalue weighted by molar-refractivity contribution is 0.276. The van der Waals surface area contributed by atoms with Crippen LogP contribution in [-0.2, 0) is 0 Å². The average molecular weight is 245 g/mol. The van der Waals surface area contributed by atoms with E-state index in [-0.39, 0.29) is 0 Å². The van der Waals surface area contributed by atoms with Crippen molar-refractivity contribution in [1.29, 1.82) is 0 Å². The minimum atomic E-state index is 0.477. The Balaban J connectivity index is 1.81. The Hall–Kier alpha value is -0.820. The van der Waals surface area contributed by atoms with Crippen LogP contribution in [0.1, 0.15) is 56.7 Å². The SMILES string of the molecule is Cc1ccccc1[C@@H](C)NCC1CCC(C)CC1. The molecule has 1 atom stereocenters. The van der Waals surface area contributed by atoms with E-state index < -0.39 is 0 Å². The Morgan fingerprint density at radius 2 is 1.83 bits per heavy atom. The third-order valence-electron chi connectivity index (χ3n) is 4.50. The van der Waals surface area contributed by atoms with Gasteiger partial charge < -0.3 is 5.32 Å². The van der Waals surface area contributed by atoms with Crippen molar-refractivity contribution >= 4 is 0 Å². The van der Waals surface area contributed by atoms with Crippen LogP contribution >= 0.6 is 0 Å². The van der Waals surface area contributed by atoms with Crippen LogP contribution in [0.4, 0.5) is 0 Å². The van der Waals surface area contributed by atoms with Crippen molar-refractivity contribution in [2.24, 2.45) is 11.8 Å². The van der Waals surface area contributed by atoms with Crippen molar-refractivity contribution in [2.45, 2.75) is 52.5 Å². The minimum absolute atomic E-state index is 0.477. The molecule has 18 heavy (non-hydrogen) atoms. The molecular formula is C17H27N. The van der Waals surface area contributed by atoms with Crippen LogP contribution in [0.25, 0.3) is 0 Å². The lowest BCUT2D eigenvalue weighted by Crippen LogP contribution is -2.28. The summed E-state index contributed by atoms with van der Waals surface area (Å²) in [6.07, 6.45) is 5.67. The summed E-state index contributed by atoms with van der Waals surface area (Å²) in [5, 5.41) is 3.72. The first-order valence-electron chi connectivity index (χ1n) is 7.45. The monoisotopic (exact) mass is 245 g/mol. The van der Waals surface area contributed by atoms with E-state index in [4.69, 9.17) is 0 Å². The van der Waals surface area contributed by atoms with Gasteiger partial charge in [-0.15, -0.1) is 0 Å². The van der Waals surface area contributed by atoms with Crippen LogP contribution in [0.5, 0.6) is 0 Å². The van der Waals surface area contributed by atoms with Crippen LogP contribution in [0.2, 0.25) is 0 Å². The van der Waals surface area contributed by atoms with Crippen LogP contribution in [-0.4, -0.2) is 6.54 Å². The van der Waals surface area contributed by atoms with E-state index in [9.17, 15) is 0 Å². The normalized spacial score (nSPS) is 25.9. The zero-order valence-electron chi connectivity index (χ0n) is 12.1. The third kappa shape index (κ3) is 3.58. The van der Waals surface area contributed by atoms with Gasteiger partial charge in [-0.2, -0.15) is 0 Å². The maximum absolute atomic E-state index is 3.72. The summed E-state index contributed by atoms with van der Waals surface area (Å²) in [5.41, 5.74) is 2.84. The number of hydrogen-bond donors (Lipinski definition) is 1. The number of rotatable bonds is 4. The second-order valence-corrected chi connectivity index (χ2v) is 6.11. The number of nitrogens with one attached hydrogen (secondary N) is 1. The molecule has 2 rings (SSSR count). The molecule has 1 N–H and O–H groups in total. The van der Waals surface area contributed by atoms with Gasteiger partial charge in [0, 0.05) is 6.04 Å². The highest BCUT2D eigenvalue weighted by Crippen LogP contribution is 2.28. The van der Waals surface area contributed by atoms with Crippen molar-refractivity contribution in [2.75, 3.05) is 6.54 Å². The summed E-state index contributed by atoms with van der Waals surface area (Å²) >= 11 is 0. The molecule has 1 aromatic carbocycles. The van der Waals surface area contributed by atoms with E-state index >= 15 is 0 Å². The quantitative estimate of drug-likeness (QED) is 0.825. The van der Waals surface area contributed by atoms with Crippen molar-refractivity contribution < 1.29 is 0 Å². The van der Waals surface area contributed by atoms with Crippen LogP contribution in [0.15, 0.2) is 24.3 Å². The Morgan fingerprint density at radius 3 is 2.50 bits per heavy atom. The fraction of sp³-hybridized carbons (Fsp3) is 0.647. The zero-order valence-corrected chi connectivity index (χ0v) is 12.1. The highest BCUT2D eigenvalue weighted by atomic mass is 14.9. The highest BCUT2D eigenvalue weighted by molar-refractivity contribution is 5.28. The number of hydrogen-bond acceptors (Lipinski definition) is 1. The van der Waals surface area contributed by atoms with Gasteiger partial charge in [0.25, 0.3) is 0 Å². The summed E-state index contributed by atoms with van der Waals surface area (Å²) in [7, 11) is 0. The van der Waals surface area contributed by atoms with E-state index in [1.54, 1.807) is 0 Å². The van der Waals surface area contributed by atoms with Crippen molar-refractivity contribution in [1.82, 2.24) is 5.32 Å². The van der Waals surface area contributed by atoms with Gasteiger partial charge in [-0.1, -0.05) is 44.0 Å². The Labute approximate surface area is 112 Å². The molecule has 1 aliphatic rings. The van der Waals surface area contributed by atoms with Crippen LogP contribution < -0.4 is 5.32 Å². The van der Waals surface area contributed by atoms with E-state index in [2.05, 4.69) is 50.4 Å². The highest BCUT2D eigenvalue weighted by Gasteiger charge is 2.18. The molecule has 0 saturated heterocycles. The zero-order chi connectivity index (χ0) is 13.0. The molecule has 1 saturated carbocycles. The summed E-state index contributed by atoms with van der Waals surface area (Å²) < 4.78 is 0. The van der Waals surface area contributed by atoms with Gasteiger partial charge in [-0.25, -0.2) is 0 Å². The molecule has 0 unspecified atom stereocenters. The first-order valence-corrected chi connectivity index (χ1v) is 7.45. The van der Waals surface area contributed by atoms with E-state index in [1.165, 1.54) is 43.4 Å². The van der Waals surface area contributed by atoms with Crippen molar-refractivity contribution in [3.8, 4) is 0 Å². The van der Waals surface area contributed by atoms with E-state index in [0.29, 0.717) is 6.04 Å². The summed E-state index contributed by atoms with van der Waals surface area (Å²) in [6.45, 7) is 8.06. The van der Waals surface area contributed by atoms with Crippen LogP contribution in [0.3, 0.4) is 0 Å². The topological polar surface area (TPSA) is 12.0 Å². The summed E-state index contributed by atoms with van der Waals surface area (Å²) in [5.74, 6) is 1.85. The smallest absolute Gasteiger partial charge is 0.0294 e. The molecule has 1 aliphatic carbocycles. The lowest BCUT2D eigenvalue weighted by Gasteiger charge is -2.28. The molecule has 0 amide bonds. The molecule has 100 valence electrons. The second kappa shape index (κ2) is 6.38. The molecule has 1 aromatic rings. The van der Waals surface area contributed by atoms with Gasteiger partial charge in [0.1, 0.15) is 0 Å². The molecule has 1 fully saturated rings. The maximum Gasteiger partial charge on any atom is 0.0294 e. The predicted molar refractivity (Wildman–Crippen MR) is 78.7 cm³/mol. The van der Waals surface area contributed by atoms with Gasteiger partial charge in [0.05, 0.1) is 0 Å². The lowest BCUT2D eigenvalue weighted by atomic mass is 9.83. The molecule has 0 spiro atoms. The maximum atomic E-state index is 3.72. The molecule has 0 heterocycles. The standard InChI is InChI=1S/C17H27N/c1-13-8-10-16(11-9-13)12-18-15(3)17-7-5-4-6-14(17)2/h4-7,13,15-16,18H,8-12H2,1-3H3/t13?,15-,16?/m1/s1. The number of benzene rings is 1. The minimum Gasteiger partial charge on any atom is -0.310 e. The van der Waals surface area contributed by atoms with E-state index in [0.717, 1.165) is 11.8 Å². The molecule has 0 aliphatic heterocycles. The van der Waals surface area contributed by atoms with Crippen molar-refractivity contribution in [3.05, 3.63) is 35.4 Å². The molecule has 0 aromatic heterocycles. The Bertz CT molecular complexity index is 364. The summed E-state index contributed by atoms with van der Waals surface area (Å²) in [4.78, 5) is 0. The molecule has 0 radical (unpaired) electrons. The first kappa shape index (κ1) is 13.6. The fourth-order valence-corrected chi connectivity index (χ4v) is 3.06. The average Bonchev–Trinajstić information content (AvgIpc) is 2.38. The van der Waals surface area contributed by atoms with E-state index in [1.807, 2.05) is 0 Å². The Morgan fingerprint density at radius 1 is 1.17 bits per heavy atom. The molecular weight excluding hydrogens is 218 g/mol. The van der Waals surface area contributed by atoms with Crippen LogP contribution in [0, 0.1) is 18.8 Å². The Kier molecular flexibility index (Phi) is 4.82. The predicted octanol–water partition coefficient (Wildman–Crippen LogP) is 4.47. The molecule has 1 nitrogen and oxygen atoms in total. The van der Waals surface area contributed by atoms with Gasteiger partial charge in [-0.3, -0.25) is 0 Å². The third-order valence-corrected chi connectivity index (χ3v) is 4.50. The summed E-state index contributed by atoms with van der Waals surface area (Å²) in [6, 6.07) is 9.19. The van der Waals surface area contributed by atoms with Gasteiger partial charge in [0.2, 0.25) is 0 Å². The fourth-order valence-electron chi connectivity index (χ4n) is 3.06. The second-order valence-electron chi connectivity index (χ2n) is 6.11. The number of aryl methyl sites for hydroxylation is 1. The van der Waals surface area contributed by atoms with Gasteiger partial charge in [-0.05, 0) is 56.2 Å². The molecule has 1 heteroatoms. The van der Waals surface area contributed by atoms with Gasteiger partial charge >= 0.3 is 0 Å². The van der Waals surface area contributed by atoms with Gasteiger partial charge in [0.15, 0.2) is 0 Å². The molecule has 0 bridgehead atoms.